The number of hydrogen-bond acceptors (Lipinski definition) is 3. The fraction of sp³-hybridized carbons (Fsp3) is 0.381. The van der Waals surface area contributed by atoms with Crippen molar-refractivity contribution in [3.8, 4) is 0 Å². The average Bonchev–Trinajstić information content (AvgIpc) is 3.00. The summed E-state index contributed by atoms with van der Waals surface area (Å²) in [4.78, 5) is 14.8. The highest BCUT2D eigenvalue weighted by atomic mass is 32.2. The minimum Gasteiger partial charge on any atom is -0.330 e. The molecule has 1 atom stereocenters. The lowest BCUT2D eigenvalue weighted by atomic mass is 10.0. The Bertz CT molecular complexity index is 858. The van der Waals surface area contributed by atoms with Crippen LogP contribution in [-0.2, 0) is 16.4 Å². The summed E-state index contributed by atoms with van der Waals surface area (Å²) in [6.45, 7) is 4.71. The van der Waals surface area contributed by atoms with E-state index < -0.39 is 9.84 Å². The summed E-state index contributed by atoms with van der Waals surface area (Å²) in [6.07, 6.45) is 0.505. The zero-order valence-electron chi connectivity index (χ0n) is 15.3. The van der Waals surface area contributed by atoms with E-state index in [1.165, 1.54) is 5.56 Å². The Labute approximate surface area is 155 Å². The molecule has 5 heteroatoms. The molecule has 138 valence electrons. The Kier molecular flexibility index (Phi) is 5.47. The largest absolute Gasteiger partial charge is 0.330 e. The number of nitrogens with zero attached hydrogens (tertiary/aromatic N) is 1. The molecule has 0 saturated carbocycles. The van der Waals surface area contributed by atoms with Crippen LogP contribution in [0.4, 0.5) is 0 Å². The lowest BCUT2D eigenvalue weighted by molar-refractivity contribution is 0.0681. The molecule has 0 aliphatic carbocycles. The van der Waals surface area contributed by atoms with Crippen LogP contribution in [0.15, 0.2) is 54.6 Å². The fourth-order valence-corrected chi connectivity index (χ4v) is 5.07. The van der Waals surface area contributed by atoms with Gasteiger partial charge in [-0.1, -0.05) is 56.3 Å². The minimum atomic E-state index is -3.06. The van der Waals surface area contributed by atoms with Crippen molar-refractivity contribution >= 4 is 15.7 Å². The molecule has 1 heterocycles. The van der Waals surface area contributed by atoms with Gasteiger partial charge in [0, 0.05) is 18.2 Å². The van der Waals surface area contributed by atoms with Crippen molar-refractivity contribution in [2.24, 2.45) is 0 Å². The lowest BCUT2D eigenvalue weighted by Gasteiger charge is -2.28. The smallest absolute Gasteiger partial charge is 0.254 e. The highest BCUT2D eigenvalue weighted by molar-refractivity contribution is 7.91. The number of rotatable bonds is 5. The van der Waals surface area contributed by atoms with Crippen LogP contribution in [0.3, 0.4) is 0 Å². The van der Waals surface area contributed by atoms with E-state index in [2.05, 4.69) is 26.0 Å². The third kappa shape index (κ3) is 4.33. The van der Waals surface area contributed by atoms with Gasteiger partial charge >= 0.3 is 0 Å². The summed E-state index contributed by atoms with van der Waals surface area (Å²) in [6, 6.07) is 17.0. The molecule has 3 rings (SSSR count). The fourth-order valence-electron chi connectivity index (χ4n) is 3.34. The second-order valence-corrected chi connectivity index (χ2v) is 9.48. The molecule has 0 N–H and O–H groups in total. The Morgan fingerprint density at radius 3 is 2.27 bits per heavy atom. The molecule has 4 nitrogen and oxygen atoms in total. The van der Waals surface area contributed by atoms with Crippen molar-refractivity contribution in [3.63, 3.8) is 0 Å². The highest BCUT2D eigenvalue weighted by Gasteiger charge is 2.35. The SMILES string of the molecule is CC(C)c1ccc(CN(C(=O)c2ccccc2)[C@H]2CCS(=O)(=O)C2)cc1. The number of carbonyl (C=O) groups is 1. The molecule has 1 amide bonds. The summed E-state index contributed by atoms with van der Waals surface area (Å²) in [7, 11) is -3.06. The van der Waals surface area contributed by atoms with Crippen molar-refractivity contribution in [3.05, 3.63) is 71.3 Å². The van der Waals surface area contributed by atoms with Crippen LogP contribution in [0.25, 0.3) is 0 Å². The van der Waals surface area contributed by atoms with E-state index in [0.717, 1.165) is 5.56 Å². The monoisotopic (exact) mass is 371 g/mol. The molecule has 0 aromatic heterocycles. The minimum absolute atomic E-state index is 0.0512. The third-order valence-electron chi connectivity index (χ3n) is 4.93. The number of sulfone groups is 1. The Morgan fingerprint density at radius 1 is 1.08 bits per heavy atom. The van der Waals surface area contributed by atoms with Crippen LogP contribution in [0.5, 0.6) is 0 Å². The van der Waals surface area contributed by atoms with Gasteiger partial charge in [-0.25, -0.2) is 8.42 Å². The summed E-state index contributed by atoms with van der Waals surface area (Å²) in [5.41, 5.74) is 2.86. The Balaban J connectivity index is 1.86. The van der Waals surface area contributed by atoms with Gasteiger partial charge in [-0.2, -0.15) is 0 Å². The number of amides is 1. The number of benzene rings is 2. The van der Waals surface area contributed by atoms with Gasteiger partial charge in [0.05, 0.1) is 11.5 Å². The van der Waals surface area contributed by atoms with Crippen LogP contribution < -0.4 is 0 Å². The van der Waals surface area contributed by atoms with E-state index >= 15 is 0 Å². The van der Waals surface area contributed by atoms with E-state index in [-0.39, 0.29) is 23.5 Å². The molecule has 1 saturated heterocycles. The van der Waals surface area contributed by atoms with Crippen LogP contribution in [0.1, 0.15) is 47.7 Å². The first kappa shape index (κ1) is 18.6. The average molecular weight is 372 g/mol. The first-order valence-corrected chi connectivity index (χ1v) is 10.8. The molecule has 1 aliphatic rings. The second-order valence-electron chi connectivity index (χ2n) is 7.25. The normalized spacial score (nSPS) is 18.8. The predicted octanol–water partition coefficient (Wildman–Crippen LogP) is 3.64. The third-order valence-corrected chi connectivity index (χ3v) is 6.68. The number of hydrogen-bond donors (Lipinski definition) is 0. The molecule has 26 heavy (non-hydrogen) atoms. The number of carbonyl (C=O) groups excluding carboxylic acids is 1. The molecule has 1 fully saturated rings. The Morgan fingerprint density at radius 2 is 1.73 bits per heavy atom. The first-order chi connectivity index (χ1) is 12.4. The van der Waals surface area contributed by atoms with Crippen molar-refractivity contribution in [1.82, 2.24) is 4.90 Å². The van der Waals surface area contributed by atoms with Crippen molar-refractivity contribution in [2.75, 3.05) is 11.5 Å². The van der Waals surface area contributed by atoms with Crippen LogP contribution in [-0.4, -0.2) is 36.8 Å². The topological polar surface area (TPSA) is 54.5 Å². The lowest BCUT2D eigenvalue weighted by Crippen LogP contribution is -2.40. The molecule has 0 radical (unpaired) electrons. The molecule has 1 aliphatic heterocycles. The van der Waals surface area contributed by atoms with Gasteiger partial charge in [-0.05, 0) is 35.6 Å². The second kappa shape index (κ2) is 7.62. The molecule has 2 aromatic carbocycles. The quantitative estimate of drug-likeness (QED) is 0.806. The molecular weight excluding hydrogens is 346 g/mol. The zero-order valence-corrected chi connectivity index (χ0v) is 16.1. The maximum absolute atomic E-state index is 13.1. The summed E-state index contributed by atoms with van der Waals surface area (Å²) >= 11 is 0. The van der Waals surface area contributed by atoms with Crippen LogP contribution in [0, 0.1) is 0 Å². The van der Waals surface area contributed by atoms with Gasteiger partial charge in [-0.3, -0.25) is 4.79 Å². The first-order valence-electron chi connectivity index (χ1n) is 9.01. The van der Waals surface area contributed by atoms with E-state index in [0.29, 0.717) is 24.4 Å². The van der Waals surface area contributed by atoms with Crippen LogP contribution in [0.2, 0.25) is 0 Å². The van der Waals surface area contributed by atoms with Crippen LogP contribution >= 0.6 is 0 Å². The molecule has 0 bridgehead atoms. The molecule has 2 aromatic rings. The van der Waals surface area contributed by atoms with E-state index in [1.807, 2.05) is 30.3 Å². The van der Waals surface area contributed by atoms with Crippen molar-refractivity contribution < 1.29 is 13.2 Å². The zero-order chi connectivity index (χ0) is 18.7. The van der Waals surface area contributed by atoms with E-state index in [1.54, 1.807) is 17.0 Å². The van der Waals surface area contributed by atoms with Gasteiger partial charge in [0.25, 0.3) is 5.91 Å². The van der Waals surface area contributed by atoms with Crippen molar-refractivity contribution in [1.29, 1.82) is 0 Å². The van der Waals surface area contributed by atoms with Gasteiger partial charge < -0.3 is 4.90 Å². The standard InChI is InChI=1S/C21H25NO3S/c1-16(2)18-10-8-17(9-11-18)14-22(20-12-13-26(24,25)15-20)21(23)19-6-4-3-5-7-19/h3-11,16,20H,12-15H2,1-2H3/t20-/m0/s1. The predicted molar refractivity (Wildman–Crippen MR) is 104 cm³/mol. The van der Waals surface area contributed by atoms with Gasteiger partial charge in [0.15, 0.2) is 9.84 Å². The van der Waals surface area contributed by atoms with E-state index in [4.69, 9.17) is 0 Å². The van der Waals surface area contributed by atoms with E-state index in [9.17, 15) is 13.2 Å². The van der Waals surface area contributed by atoms with Gasteiger partial charge in [0.2, 0.25) is 0 Å². The maximum Gasteiger partial charge on any atom is 0.254 e. The maximum atomic E-state index is 13.1. The Hall–Kier alpha value is -2.14. The molecule has 0 unspecified atom stereocenters. The van der Waals surface area contributed by atoms with Gasteiger partial charge in [-0.15, -0.1) is 0 Å². The highest BCUT2D eigenvalue weighted by Crippen LogP contribution is 2.23. The van der Waals surface area contributed by atoms with Gasteiger partial charge in [0.1, 0.15) is 0 Å². The van der Waals surface area contributed by atoms with Crippen molar-refractivity contribution in [2.45, 2.75) is 38.8 Å². The summed E-state index contributed by atoms with van der Waals surface area (Å²) in [5.74, 6) is 0.546. The molecular formula is C21H25NO3S. The molecule has 0 spiro atoms. The summed E-state index contributed by atoms with van der Waals surface area (Å²) in [5, 5.41) is 0. The summed E-state index contributed by atoms with van der Waals surface area (Å²) < 4.78 is 23.9.